The molecule has 0 aliphatic heterocycles. The molecule has 1 aliphatic carbocycles. The highest BCUT2D eigenvalue weighted by Gasteiger charge is 2.20. The van der Waals surface area contributed by atoms with Gasteiger partial charge in [-0.3, -0.25) is 4.79 Å². The Morgan fingerprint density at radius 3 is 2.23 bits per heavy atom. The van der Waals surface area contributed by atoms with E-state index in [1.165, 1.54) is 44.6 Å². The number of carbonyl (C=O) groups is 1. The standard InChI is InChI=1S/C25H25FO4.C10H22.C3H6/c1-3-19-13-18(7-10-22(19)23-15-20(29-2)9-11-24(23)26)16-30-21-6-4-5-17(14-21)8-12-25(27)28;1-6-7-8-10(4,5)9(2)3;1-2-3-1/h4-7,9-11,13-15H,3,8,12,16H2,1-2H3,(H,27,28);9H,6-8H2,1-5H3;1-3H2. The zero-order valence-electron chi connectivity index (χ0n) is 27.5. The Labute approximate surface area is 259 Å². The molecule has 3 aromatic rings. The summed E-state index contributed by atoms with van der Waals surface area (Å²) in [6, 6.07) is 18.1. The molecule has 4 nitrogen and oxygen atoms in total. The second-order valence-corrected chi connectivity index (χ2v) is 12.3. The van der Waals surface area contributed by atoms with E-state index >= 15 is 0 Å². The van der Waals surface area contributed by atoms with Gasteiger partial charge in [0.05, 0.1) is 7.11 Å². The minimum absolute atomic E-state index is 0.0889. The molecule has 236 valence electrons. The Kier molecular flexibility index (Phi) is 15.3. The predicted molar refractivity (Wildman–Crippen MR) is 176 cm³/mol. The quantitative estimate of drug-likeness (QED) is 0.214. The molecule has 0 heterocycles. The number of carboxylic acid groups (broad SMARTS) is 1. The van der Waals surface area contributed by atoms with Crippen LogP contribution in [0, 0.1) is 17.2 Å². The summed E-state index contributed by atoms with van der Waals surface area (Å²) in [6.07, 6.45) is 9.89. The second kappa shape index (κ2) is 18.4. The van der Waals surface area contributed by atoms with Crippen LogP contribution in [0.3, 0.4) is 0 Å². The zero-order valence-corrected chi connectivity index (χ0v) is 27.5. The van der Waals surface area contributed by atoms with Crippen molar-refractivity contribution in [2.75, 3.05) is 7.11 Å². The van der Waals surface area contributed by atoms with Gasteiger partial charge in [0.25, 0.3) is 0 Å². The summed E-state index contributed by atoms with van der Waals surface area (Å²) in [4.78, 5) is 10.8. The van der Waals surface area contributed by atoms with Crippen molar-refractivity contribution in [2.24, 2.45) is 11.3 Å². The number of halogens is 1. The highest BCUT2D eigenvalue weighted by molar-refractivity contribution is 5.70. The van der Waals surface area contributed by atoms with Crippen LogP contribution in [-0.4, -0.2) is 18.2 Å². The van der Waals surface area contributed by atoms with Gasteiger partial charge in [-0.15, -0.1) is 0 Å². The summed E-state index contributed by atoms with van der Waals surface area (Å²) >= 11 is 0. The van der Waals surface area contributed by atoms with Crippen LogP contribution >= 0.6 is 0 Å². The van der Waals surface area contributed by atoms with E-state index in [0.29, 0.717) is 35.5 Å². The van der Waals surface area contributed by atoms with Gasteiger partial charge in [-0.1, -0.05) is 104 Å². The number of unbranched alkanes of at least 4 members (excludes halogenated alkanes) is 1. The minimum Gasteiger partial charge on any atom is -0.497 e. The molecular formula is C38H53FO4. The van der Waals surface area contributed by atoms with E-state index < -0.39 is 5.97 Å². The van der Waals surface area contributed by atoms with Crippen molar-refractivity contribution in [3.63, 3.8) is 0 Å². The lowest BCUT2D eigenvalue weighted by molar-refractivity contribution is -0.136. The largest absolute Gasteiger partial charge is 0.497 e. The first-order valence-electron chi connectivity index (χ1n) is 15.9. The van der Waals surface area contributed by atoms with E-state index in [9.17, 15) is 9.18 Å². The summed E-state index contributed by atoms with van der Waals surface area (Å²) in [5.41, 5.74) is 4.84. The van der Waals surface area contributed by atoms with Crippen LogP contribution < -0.4 is 9.47 Å². The summed E-state index contributed by atoms with van der Waals surface area (Å²) in [7, 11) is 1.56. The van der Waals surface area contributed by atoms with Gasteiger partial charge in [-0.05, 0) is 83.2 Å². The number of aliphatic carboxylic acids is 1. The van der Waals surface area contributed by atoms with E-state index in [4.69, 9.17) is 14.6 Å². The van der Waals surface area contributed by atoms with Gasteiger partial charge < -0.3 is 14.6 Å². The van der Waals surface area contributed by atoms with Crippen LogP contribution in [0.4, 0.5) is 4.39 Å². The number of benzene rings is 3. The molecule has 0 saturated heterocycles. The number of aryl methyl sites for hydroxylation is 2. The molecule has 1 N–H and O–H groups in total. The first-order valence-corrected chi connectivity index (χ1v) is 15.9. The van der Waals surface area contributed by atoms with Crippen molar-refractivity contribution >= 4 is 5.97 Å². The lowest BCUT2D eigenvalue weighted by Crippen LogP contribution is -2.18. The predicted octanol–water partition coefficient (Wildman–Crippen LogP) is 10.7. The van der Waals surface area contributed by atoms with E-state index in [0.717, 1.165) is 34.6 Å². The van der Waals surface area contributed by atoms with E-state index in [2.05, 4.69) is 34.6 Å². The van der Waals surface area contributed by atoms with E-state index in [-0.39, 0.29) is 12.2 Å². The Morgan fingerprint density at radius 2 is 1.65 bits per heavy atom. The fourth-order valence-electron chi connectivity index (χ4n) is 4.26. The molecule has 3 aromatic carbocycles. The molecule has 0 unspecified atom stereocenters. The average molecular weight is 593 g/mol. The van der Waals surface area contributed by atoms with Crippen LogP contribution in [0.25, 0.3) is 11.1 Å². The third kappa shape index (κ3) is 13.2. The molecule has 4 rings (SSSR count). The first-order chi connectivity index (χ1) is 20.5. The Balaban J connectivity index is 0.000000412. The number of hydrogen-bond acceptors (Lipinski definition) is 3. The third-order valence-corrected chi connectivity index (χ3v) is 8.04. The number of methoxy groups -OCH3 is 1. The molecule has 1 fully saturated rings. The van der Waals surface area contributed by atoms with Gasteiger partial charge in [0.2, 0.25) is 0 Å². The fourth-order valence-corrected chi connectivity index (χ4v) is 4.26. The molecule has 43 heavy (non-hydrogen) atoms. The van der Waals surface area contributed by atoms with Crippen molar-refractivity contribution in [3.8, 4) is 22.6 Å². The average Bonchev–Trinajstić information content (AvgIpc) is 3.89. The summed E-state index contributed by atoms with van der Waals surface area (Å²) in [5, 5.41) is 8.83. The van der Waals surface area contributed by atoms with Crippen LogP contribution in [0.15, 0.2) is 60.7 Å². The van der Waals surface area contributed by atoms with Gasteiger partial charge in [0, 0.05) is 12.0 Å². The smallest absolute Gasteiger partial charge is 0.303 e. The van der Waals surface area contributed by atoms with Gasteiger partial charge in [-0.2, -0.15) is 0 Å². The lowest BCUT2D eigenvalue weighted by Gasteiger charge is -2.28. The van der Waals surface area contributed by atoms with Gasteiger partial charge in [0.15, 0.2) is 0 Å². The summed E-state index contributed by atoms with van der Waals surface area (Å²) < 4.78 is 25.6. The monoisotopic (exact) mass is 592 g/mol. The normalized spacial score (nSPS) is 12.0. The molecule has 0 bridgehead atoms. The molecule has 0 amide bonds. The highest BCUT2D eigenvalue weighted by atomic mass is 19.1. The molecule has 0 spiro atoms. The van der Waals surface area contributed by atoms with Crippen LogP contribution in [0.1, 0.15) is 103 Å². The maximum atomic E-state index is 14.4. The van der Waals surface area contributed by atoms with Crippen molar-refractivity contribution in [3.05, 3.63) is 83.2 Å². The highest BCUT2D eigenvalue weighted by Crippen LogP contribution is 2.32. The lowest BCUT2D eigenvalue weighted by atomic mass is 9.77. The van der Waals surface area contributed by atoms with Crippen molar-refractivity contribution in [1.82, 2.24) is 0 Å². The molecule has 0 radical (unpaired) electrons. The second-order valence-electron chi connectivity index (χ2n) is 12.3. The number of rotatable bonds is 13. The molecule has 1 saturated carbocycles. The Bertz CT molecular complexity index is 1260. The molecule has 0 atom stereocenters. The first kappa shape index (κ1) is 35.9. The summed E-state index contributed by atoms with van der Waals surface area (Å²) in [5.74, 6) is 1.02. The SMILES string of the molecule is C1CC1.CCCCC(C)(C)C(C)C.CCc1cc(COc2cccc(CCC(=O)O)c2)ccc1-c1cc(OC)ccc1F. The molecule has 0 aromatic heterocycles. The van der Waals surface area contributed by atoms with E-state index in [1.54, 1.807) is 19.2 Å². The van der Waals surface area contributed by atoms with Gasteiger partial charge in [-0.25, -0.2) is 4.39 Å². The third-order valence-electron chi connectivity index (χ3n) is 8.04. The Hall–Kier alpha value is -3.34. The molecule has 5 heteroatoms. The van der Waals surface area contributed by atoms with Gasteiger partial charge >= 0.3 is 5.97 Å². The summed E-state index contributed by atoms with van der Waals surface area (Å²) in [6.45, 7) is 14.0. The van der Waals surface area contributed by atoms with Crippen LogP contribution in [-0.2, 0) is 24.2 Å². The maximum Gasteiger partial charge on any atom is 0.303 e. The van der Waals surface area contributed by atoms with E-state index in [1.807, 2.05) is 49.4 Å². The Morgan fingerprint density at radius 1 is 0.930 bits per heavy atom. The van der Waals surface area contributed by atoms with Crippen molar-refractivity contribution in [2.45, 2.75) is 106 Å². The molecule has 1 aliphatic rings. The topological polar surface area (TPSA) is 55.8 Å². The zero-order chi connectivity index (χ0) is 31.8. The van der Waals surface area contributed by atoms with Gasteiger partial charge in [0.1, 0.15) is 23.9 Å². The minimum atomic E-state index is -0.819. The van der Waals surface area contributed by atoms with Crippen LogP contribution in [0.5, 0.6) is 11.5 Å². The molecular weight excluding hydrogens is 539 g/mol. The van der Waals surface area contributed by atoms with Crippen molar-refractivity contribution < 1.29 is 23.8 Å². The number of carboxylic acids is 1. The number of ether oxygens (including phenoxy) is 2. The number of hydrogen-bond donors (Lipinski definition) is 1. The van der Waals surface area contributed by atoms with Crippen LogP contribution in [0.2, 0.25) is 0 Å². The fraction of sp³-hybridized carbons (Fsp3) is 0.500. The maximum absolute atomic E-state index is 14.4. The van der Waals surface area contributed by atoms with Crippen molar-refractivity contribution in [1.29, 1.82) is 0 Å².